The molecule has 2 rings (SSSR count). The van der Waals surface area contributed by atoms with E-state index in [9.17, 15) is 5.11 Å². The maximum atomic E-state index is 10.1. The van der Waals surface area contributed by atoms with E-state index < -0.39 is 0 Å². The van der Waals surface area contributed by atoms with Crippen molar-refractivity contribution in [2.75, 3.05) is 11.5 Å². The molecule has 0 spiro atoms. The molecule has 0 heterocycles. The van der Waals surface area contributed by atoms with Crippen molar-refractivity contribution in [1.82, 2.24) is 0 Å². The smallest absolute Gasteiger partial charge is 0.0630 e. The minimum atomic E-state index is -0.0458. The molecular weight excluding hydrogens is 252 g/mol. The molecule has 0 aromatic rings. The van der Waals surface area contributed by atoms with Crippen LogP contribution in [0.4, 0.5) is 0 Å². The molecule has 1 nitrogen and oxygen atoms in total. The zero-order valence-corrected chi connectivity index (χ0v) is 13.3. The van der Waals surface area contributed by atoms with E-state index in [2.05, 4.69) is 0 Å². The molecule has 2 aliphatic rings. The van der Waals surface area contributed by atoms with Crippen molar-refractivity contribution in [2.45, 2.75) is 83.2 Å². The van der Waals surface area contributed by atoms with E-state index in [0.717, 1.165) is 24.0 Å². The van der Waals surface area contributed by atoms with Crippen molar-refractivity contribution in [3.63, 3.8) is 0 Å². The fourth-order valence-electron chi connectivity index (χ4n) is 3.71. The molecule has 2 aliphatic carbocycles. The Labute approximate surface area is 123 Å². The Kier molecular flexibility index (Phi) is 7.67. The van der Waals surface area contributed by atoms with Gasteiger partial charge in [0.2, 0.25) is 0 Å². The molecule has 0 bridgehead atoms. The van der Waals surface area contributed by atoms with Gasteiger partial charge >= 0.3 is 0 Å². The Balaban J connectivity index is 1.47. The largest absolute Gasteiger partial charge is 0.392 e. The highest BCUT2D eigenvalue weighted by Crippen LogP contribution is 2.29. The van der Waals surface area contributed by atoms with Gasteiger partial charge in [0.25, 0.3) is 0 Å². The highest BCUT2D eigenvalue weighted by molar-refractivity contribution is 7.99. The van der Waals surface area contributed by atoms with Gasteiger partial charge in [-0.2, -0.15) is 11.8 Å². The Morgan fingerprint density at radius 1 is 0.842 bits per heavy atom. The predicted octanol–water partition coefficient (Wildman–Crippen LogP) is 5.02. The van der Waals surface area contributed by atoms with Gasteiger partial charge in [-0.25, -0.2) is 0 Å². The average Bonchev–Trinajstić information content (AvgIpc) is 2.47. The van der Waals surface area contributed by atoms with Gasteiger partial charge in [-0.3, -0.25) is 0 Å². The van der Waals surface area contributed by atoms with Crippen molar-refractivity contribution in [2.24, 2.45) is 11.8 Å². The summed E-state index contributed by atoms with van der Waals surface area (Å²) in [6.07, 6.45) is 16.6. The van der Waals surface area contributed by atoms with Crippen LogP contribution in [0, 0.1) is 11.8 Å². The highest BCUT2D eigenvalue weighted by atomic mass is 32.2. The standard InChI is InChI=1S/C17H32OS/c18-17(12-11-15-7-3-1-4-8-15)14-19-13-16-9-5-2-6-10-16/h15-18H,1-14H2. The summed E-state index contributed by atoms with van der Waals surface area (Å²) in [5, 5.41) is 10.1. The van der Waals surface area contributed by atoms with Crippen molar-refractivity contribution in [3.05, 3.63) is 0 Å². The van der Waals surface area contributed by atoms with E-state index in [-0.39, 0.29) is 6.10 Å². The van der Waals surface area contributed by atoms with E-state index in [1.165, 1.54) is 76.4 Å². The minimum absolute atomic E-state index is 0.0458. The first-order chi connectivity index (χ1) is 9.34. The van der Waals surface area contributed by atoms with Crippen LogP contribution < -0.4 is 0 Å². The van der Waals surface area contributed by atoms with Gasteiger partial charge in [-0.05, 0) is 43.3 Å². The fraction of sp³-hybridized carbons (Fsp3) is 1.00. The second-order valence-electron chi connectivity index (χ2n) is 6.78. The molecule has 2 saturated carbocycles. The topological polar surface area (TPSA) is 20.2 Å². The lowest BCUT2D eigenvalue weighted by Crippen LogP contribution is -2.16. The molecule has 0 aromatic carbocycles. The van der Waals surface area contributed by atoms with Gasteiger partial charge in [0.05, 0.1) is 6.10 Å². The van der Waals surface area contributed by atoms with Gasteiger partial charge in [-0.1, -0.05) is 51.4 Å². The predicted molar refractivity (Wildman–Crippen MR) is 85.7 cm³/mol. The first-order valence-electron chi connectivity index (χ1n) is 8.60. The number of thioether (sulfide) groups is 1. The van der Waals surface area contributed by atoms with Gasteiger partial charge in [0, 0.05) is 5.75 Å². The summed E-state index contributed by atoms with van der Waals surface area (Å²) in [7, 11) is 0. The molecule has 1 unspecified atom stereocenters. The van der Waals surface area contributed by atoms with Crippen LogP contribution in [-0.2, 0) is 0 Å². The normalized spacial score (nSPS) is 24.5. The molecular formula is C17H32OS. The van der Waals surface area contributed by atoms with Crippen LogP contribution in [0.5, 0.6) is 0 Å². The molecule has 2 fully saturated rings. The van der Waals surface area contributed by atoms with Crippen LogP contribution in [0.15, 0.2) is 0 Å². The monoisotopic (exact) mass is 284 g/mol. The summed E-state index contributed by atoms with van der Waals surface area (Å²) in [5.74, 6) is 4.14. The summed E-state index contributed by atoms with van der Waals surface area (Å²) in [5.41, 5.74) is 0. The van der Waals surface area contributed by atoms with Crippen LogP contribution in [0.25, 0.3) is 0 Å². The number of hydrogen-bond acceptors (Lipinski definition) is 2. The average molecular weight is 285 g/mol. The second-order valence-corrected chi connectivity index (χ2v) is 7.85. The molecule has 0 radical (unpaired) electrons. The van der Waals surface area contributed by atoms with Crippen molar-refractivity contribution >= 4 is 11.8 Å². The maximum Gasteiger partial charge on any atom is 0.0630 e. The Morgan fingerprint density at radius 3 is 2.05 bits per heavy atom. The summed E-state index contributed by atoms with van der Waals surface area (Å²) in [4.78, 5) is 0. The quantitative estimate of drug-likeness (QED) is 0.708. The molecule has 2 heteroatoms. The third-order valence-electron chi connectivity index (χ3n) is 5.02. The van der Waals surface area contributed by atoms with E-state index in [0.29, 0.717) is 0 Å². The van der Waals surface area contributed by atoms with Crippen LogP contribution in [0.3, 0.4) is 0 Å². The molecule has 19 heavy (non-hydrogen) atoms. The Bertz CT molecular complexity index is 219. The Hall–Kier alpha value is 0.310. The van der Waals surface area contributed by atoms with Crippen molar-refractivity contribution < 1.29 is 5.11 Å². The van der Waals surface area contributed by atoms with E-state index in [1.807, 2.05) is 11.8 Å². The lowest BCUT2D eigenvalue weighted by atomic mass is 9.85. The molecule has 112 valence electrons. The lowest BCUT2D eigenvalue weighted by molar-refractivity contribution is 0.171. The number of hydrogen-bond donors (Lipinski definition) is 1. The summed E-state index contributed by atoms with van der Waals surface area (Å²) < 4.78 is 0. The first kappa shape index (κ1) is 15.7. The number of aliphatic hydroxyl groups is 1. The van der Waals surface area contributed by atoms with Crippen LogP contribution >= 0.6 is 11.8 Å². The third-order valence-corrected chi connectivity index (χ3v) is 6.35. The van der Waals surface area contributed by atoms with E-state index in [4.69, 9.17) is 0 Å². The fourth-order valence-corrected chi connectivity index (χ4v) is 4.95. The molecule has 0 amide bonds. The summed E-state index contributed by atoms with van der Waals surface area (Å²) in [6, 6.07) is 0. The van der Waals surface area contributed by atoms with E-state index >= 15 is 0 Å². The van der Waals surface area contributed by atoms with Crippen molar-refractivity contribution in [1.29, 1.82) is 0 Å². The van der Waals surface area contributed by atoms with Gasteiger partial charge in [0.1, 0.15) is 0 Å². The summed E-state index contributed by atoms with van der Waals surface area (Å²) >= 11 is 2.00. The van der Waals surface area contributed by atoms with Crippen LogP contribution in [0.2, 0.25) is 0 Å². The molecule has 1 atom stereocenters. The zero-order chi connectivity index (χ0) is 13.3. The van der Waals surface area contributed by atoms with Gasteiger partial charge in [0.15, 0.2) is 0 Å². The molecule has 1 N–H and O–H groups in total. The zero-order valence-electron chi connectivity index (χ0n) is 12.5. The number of aliphatic hydroxyl groups excluding tert-OH is 1. The third kappa shape index (κ3) is 6.53. The summed E-state index contributed by atoms with van der Waals surface area (Å²) in [6.45, 7) is 0. The molecule has 0 saturated heterocycles. The first-order valence-corrected chi connectivity index (χ1v) is 9.76. The Morgan fingerprint density at radius 2 is 1.42 bits per heavy atom. The van der Waals surface area contributed by atoms with Crippen LogP contribution in [0.1, 0.15) is 77.0 Å². The highest BCUT2D eigenvalue weighted by Gasteiger charge is 2.16. The van der Waals surface area contributed by atoms with E-state index in [1.54, 1.807) is 0 Å². The minimum Gasteiger partial charge on any atom is -0.392 e. The number of rotatable bonds is 7. The molecule has 0 aliphatic heterocycles. The molecule has 0 aromatic heterocycles. The lowest BCUT2D eigenvalue weighted by Gasteiger charge is -2.23. The SMILES string of the molecule is OC(CCC1CCCCC1)CSCC1CCCCC1. The van der Waals surface area contributed by atoms with Gasteiger partial charge < -0.3 is 5.11 Å². The maximum absolute atomic E-state index is 10.1. The second kappa shape index (κ2) is 9.28. The van der Waals surface area contributed by atoms with Crippen molar-refractivity contribution in [3.8, 4) is 0 Å². The van der Waals surface area contributed by atoms with Crippen LogP contribution in [-0.4, -0.2) is 22.7 Å². The van der Waals surface area contributed by atoms with Gasteiger partial charge in [-0.15, -0.1) is 0 Å².